The first-order valence-corrected chi connectivity index (χ1v) is 12.5. The minimum Gasteiger partial charge on any atom is -0.379 e. The molecule has 0 amide bonds. The summed E-state index contributed by atoms with van der Waals surface area (Å²) in [6.45, 7) is 7.60. The van der Waals surface area contributed by atoms with Crippen molar-refractivity contribution < 1.29 is 9.47 Å². The predicted octanol–water partition coefficient (Wildman–Crippen LogP) is 2.94. The van der Waals surface area contributed by atoms with Crippen LogP contribution in [0.25, 0.3) is 0 Å². The zero-order chi connectivity index (χ0) is 20.6. The molecule has 4 aliphatic rings. The highest BCUT2D eigenvalue weighted by molar-refractivity contribution is 7.12. The number of morpholine rings is 1. The van der Waals surface area contributed by atoms with Crippen LogP contribution in [0.15, 0.2) is 17.1 Å². The zero-order valence-corrected chi connectivity index (χ0v) is 19.2. The van der Waals surface area contributed by atoms with E-state index in [1.807, 2.05) is 18.4 Å². The van der Waals surface area contributed by atoms with Crippen LogP contribution in [0.4, 0.5) is 0 Å². The molecule has 30 heavy (non-hydrogen) atoms. The molecule has 6 nitrogen and oxygen atoms in total. The monoisotopic (exact) mass is 432 g/mol. The first-order chi connectivity index (χ1) is 14.7. The van der Waals surface area contributed by atoms with Crippen LogP contribution in [0.1, 0.15) is 47.9 Å². The van der Waals surface area contributed by atoms with Crippen molar-refractivity contribution in [1.82, 2.24) is 15.5 Å². The average molecular weight is 433 g/mol. The van der Waals surface area contributed by atoms with E-state index in [1.54, 1.807) is 0 Å². The Morgan fingerprint density at radius 2 is 2.07 bits per heavy atom. The number of hydrogen-bond donors (Lipinski definition) is 2. The molecular formula is C23H36N4O2S. The number of aryl methyl sites for hydroxylation is 1. The summed E-state index contributed by atoms with van der Waals surface area (Å²) in [7, 11) is 1.90. The number of guanidine groups is 1. The summed E-state index contributed by atoms with van der Waals surface area (Å²) >= 11 is 1.91. The molecule has 4 unspecified atom stereocenters. The Bertz CT molecular complexity index is 754. The van der Waals surface area contributed by atoms with Crippen LogP contribution in [-0.2, 0) is 9.47 Å². The van der Waals surface area contributed by atoms with Gasteiger partial charge in [0.15, 0.2) is 5.96 Å². The Hall–Kier alpha value is -1.15. The maximum absolute atomic E-state index is 6.16. The second-order valence-corrected chi connectivity index (χ2v) is 10.7. The van der Waals surface area contributed by atoms with E-state index in [0.717, 1.165) is 45.4 Å². The molecule has 0 radical (unpaired) electrons. The Labute approximate surface area is 184 Å². The van der Waals surface area contributed by atoms with Gasteiger partial charge < -0.3 is 20.1 Å². The molecule has 7 heteroatoms. The lowest BCUT2D eigenvalue weighted by Crippen LogP contribution is -2.69. The third-order valence-corrected chi connectivity index (χ3v) is 8.94. The molecule has 3 heterocycles. The molecule has 2 saturated carbocycles. The van der Waals surface area contributed by atoms with Gasteiger partial charge in [-0.25, -0.2) is 0 Å². The topological polar surface area (TPSA) is 58.1 Å². The molecule has 4 atom stereocenters. The van der Waals surface area contributed by atoms with E-state index >= 15 is 0 Å². The molecule has 2 saturated heterocycles. The highest BCUT2D eigenvalue weighted by Crippen LogP contribution is 2.60. The van der Waals surface area contributed by atoms with E-state index in [1.165, 1.54) is 41.9 Å². The van der Waals surface area contributed by atoms with Crippen molar-refractivity contribution in [2.75, 3.05) is 46.5 Å². The van der Waals surface area contributed by atoms with Gasteiger partial charge in [0.25, 0.3) is 0 Å². The van der Waals surface area contributed by atoms with Crippen molar-refractivity contribution in [3.8, 4) is 0 Å². The van der Waals surface area contributed by atoms with E-state index in [4.69, 9.17) is 9.47 Å². The number of rotatable bonds is 5. The van der Waals surface area contributed by atoms with E-state index in [0.29, 0.717) is 29.5 Å². The summed E-state index contributed by atoms with van der Waals surface area (Å²) in [6, 6.07) is 5.39. The van der Waals surface area contributed by atoms with Gasteiger partial charge in [-0.3, -0.25) is 9.89 Å². The third-order valence-electron chi connectivity index (χ3n) is 7.84. The number of nitrogens with one attached hydrogen (secondary N) is 2. The molecule has 2 aliphatic carbocycles. The van der Waals surface area contributed by atoms with Crippen LogP contribution >= 0.6 is 11.3 Å². The number of nitrogens with zero attached hydrogens (tertiary/aromatic N) is 2. The van der Waals surface area contributed by atoms with Crippen LogP contribution in [-0.4, -0.2) is 69.5 Å². The van der Waals surface area contributed by atoms with Gasteiger partial charge in [0.05, 0.1) is 25.4 Å². The van der Waals surface area contributed by atoms with Crippen molar-refractivity contribution in [2.24, 2.45) is 16.3 Å². The second-order valence-electron chi connectivity index (χ2n) is 9.37. The Kier molecular flexibility index (Phi) is 6.06. The highest BCUT2D eigenvalue weighted by Gasteiger charge is 2.65. The first-order valence-electron chi connectivity index (χ1n) is 11.7. The normalized spacial score (nSPS) is 32.1. The van der Waals surface area contributed by atoms with Gasteiger partial charge >= 0.3 is 0 Å². The Morgan fingerprint density at radius 1 is 1.27 bits per heavy atom. The summed E-state index contributed by atoms with van der Waals surface area (Å²) in [5.74, 6) is 1.60. The van der Waals surface area contributed by atoms with E-state index < -0.39 is 0 Å². The van der Waals surface area contributed by atoms with Crippen LogP contribution in [0.5, 0.6) is 0 Å². The summed E-state index contributed by atoms with van der Waals surface area (Å²) in [5, 5.41) is 7.52. The third kappa shape index (κ3) is 3.68. The highest BCUT2D eigenvalue weighted by atomic mass is 32.1. The van der Waals surface area contributed by atoms with Gasteiger partial charge in [0, 0.05) is 60.4 Å². The molecule has 2 N–H and O–H groups in total. The van der Waals surface area contributed by atoms with Crippen molar-refractivity contribution in [3.63, 3.8) is 0 Å². The van der Waals surface area contributed by atoms with Crippen LogP contribution in [0.2, 0.25) is 0 Å². The Balaban J connectivity index is 1.26. The second kappa shape index (κ2) is 8.77. The molecular weight excluding hydrogens is 396 g/mol. The average Bonchev–Trinajstić information content (AvgIpc) is 3.51. The molecule has 1 spiro atoms. The molecule has 5 rings (SSSR count). The van der Waals surface area contributed by atoms with Crippen LogP contribution in [0, 0.1) is 18.3 Å². The molecule has 1 aromatic heterocycles. The SMILES string of the molecule is CN=C(NCC(c1ccc(C)s1)N1CCOCC1)NC1C2CCOC2C12CCCC2. The van der Waals surface area contributed by atoms with Crippen LogP contribution in [0.3, 0.4) is 0 Å². The molecule has 4 fully saturated rings. The summed E-state index contributed by atoms with van der Waals surface area (Å²) in [5.41, 5.74) is 0.341. The van der Waals surface area contributed by atoms with Crippen molar-refractivity contribution in [3.05, 3.63) is 21.9 Å². The zero-order valence-electron chi connectivity index (χ0n) is 18.4. The van der Waals surface area contributed by atoms with Gasteiger partial charge in [0.2, 0.25) is 0 Å². The van der Waals surface area contributed by atoms with Crippen molar-refractivity contribution in [2.45, 2.75) is 57.2 Å². The van der Waals surface area contributed by atoms with Crippen molar-refractivity contribution >= 4 is 17.3 Å². The minimum absolute atomic E-state index is 0.341. The summed E-state index contributed by atoms with van der Waals surface area (Å²) < 4.78 is 11.8. The lowest BCUT2D eigenvalue weighted by Gasteiger charge is -2.57. The molecule has 2 aliphatic heterocycles. The maximum Gasteiger partial charge on any atom is 0.191 e. The van der Waals surface area contributed by atoms with E-state index in [-0.39, 0.29) is 0 Å². The number of ether oxygens (including phenoxy) is 2. The van der Waals surface area contributed by atoms with Gasteiger partial charge in [-0.05, 0) is 38.3 Å². The Morgan fingerprint density at radius 3 is 2.77 bits per heavy atom. The summed E-state index contributed by atoms with van der Waals surface area (Å²) in [6.07, 6.45) is 6.94. The fourth-order valence-electron chi connectivity index (χ4n) is 6.37. The lowest BCUT2D eigenvalue weighted by atomic mass is 9.54. The fraction of sp³-hybridized carbons (Fsp3) is 0.783. The van der Waals surface area contributed by atoms with Gasteiger partial charge in [-0.15, -0.1) is 11.3 Å². The van der Waals surface area contributed by atoms with Crippen molar-refractivity contribution in [1.29, 1.82) is 0 Å². The van der Waals surface area contributed by atoms with E-state index in [9.17, 15) is 0 Å². The smallest absolute Gasteiger partial charge is 0.191 e. The van der Waals surface area contributed by atoms with Gasteiger partial charge in [-0.1, -0.05) is 12.8 Å². The van der Waals surface area contributed by atoms with Gasteiger partial charge in [0.1, 0.15) is 0 Å². The molecule has 0 bridgehead atoms. The van der Waals surface area contributed by atoms with E-state index in [2.05, 4.69) is 39.6 Å². The number of hydrogen-bond acceptors (Lipinski definition) is 5. The quantitative estimate of drug-likeness (QED) is 0.553. The molecule has 166 valence electrons. The standard InChI is InChI=1S/C23H36N4O2S/c1-16-5-6-19(30-16)18(27-10-13-28-14-11-27)15-25-22(24-2)26-20-17-7-12-29-21(17)23(20)8-3-4-9-23/h5-6,17-18,20-21H,3-4,7-15H2,1-2H3,(H2,24,25,26). The number of fused-ring (bicyclic) bond motifs is 2. The minimum atomic E-state index is 0.341. The largest absolute Gasteiger partial charge is 0.379 e. The predicted molar refractivity (Wildman–Crippen MR) is 121 cm³/mol. The number of aliphatic imine (C=N–C) groups is 1. The maximum atomic E-state index is 6.16. The van der Waals surface area contributed by atoms with Gasteiger partial charge in [-0.2, -0.15) is 0 Å². The fourth-order valence-corrected chi connectivity index (χ4v) is 7.38. The summed E-state index contributed by atoms with van der Waals surface area (Å²) in [4.78, 5) is 9.96. The first kappa shape index (κ1) is 20.7. The molecule has 1 aromatic rings. The number of thiophene rings is 1. The molecule has 0 aromatic carbocycles. The lowest BCUT2D eigenvalue weighted by molar-refractivity contribution is -0.125. The van der Waals surface area contributed by atoms with Crippen LogP contribution < -0.4 is 10.6 Å².